The van der Waals surface area contributed by atoms with E-state index in [0.29, 0.717) is 6.04 Å². The zero-order valence-corrected chi connectivity index (χ0v) is 12.9. The molecule has 1 N–H and O–H groups in total. The Hall–Kier alpha value is -0.540. The van der Waals surface area contributed by atoms with Crippen molar-refractivity contribution in [1.82, 2.24) is 5.32 Å². The van der Waals surface area contributed by atoms with E-state index in [1.165, 1.54) is 37.0 Å². The van der Waals surface area contributed by atoms with Crippen LogP contribution < -0.4 is 5.32 Å². The van der Waals surface area contributed by atoms with Crippen molar-refractivity contribution in [1.29, 1.82) is 0 Å². The van der Waals surface area contributed by atoms with Crippen LogP contribution in [0.1, 0.15) is 50.6 Å². The Kier molecular flexibility index (Phi) is 8.93. The molecule has 0 aliphatic rings. The van der Waals surface area contributed by atoms with Gasteiger partial charge in [-0.2, -0.15) is 11.8 Å². The highest BCUT2D eigenvalue weighted by atomic mass is 32.2. The van der Waals surface area contributed by atoms with Crippen molar-refractivity contribution in [2.75, 3.05) is 18.6 Å². The molecular weight excluding hydrogens is 257 g/mol. The molecule has 0 saturated carbocycles. The summed E-state index contributed by atoms with van der Waals surface area (Å²) >= 11 is 1.93. The van der Waals surface area contributed by atoms with E-state index in [-0.39, 0.29) is 5.82 Å². The van der Waals surface area contributed by atoms with Crippen LogP contribution in [0.3, 0.4) is 0 Å². The van der Waals surface area contributed by atoms with E-state index in [4.69, 9.17) is 0 Å². The SMILES string of the molecule is CCC(NCCCCCCSC)c1ccc(F)cc1. The van der Waals surface area contributed by atoms with Crippen LogP contribution in [0, 0.1) is 5.82 Å². The first kappa shape index (κ1) is 16.5. The number of hydrogen-bond acceptors (Lipinski definition) is 2. The second kappa shape index (κ2) is 10.3. The molecule has 0 aromatic heterocycles. The molecule has 1 rings (SSSR count). The van der Waals surface area contributed by atoms with Gasteiger partial charge in [0.2, 0.25) is 0 Å². The minimum atomic E-state index is -0.160. The lowest BCUT2D eigenvalue weighted by atomic mass is 10.0. The first-order valence-corrected chi connectivity index (χ1v) is 8.65. The van der Waals surface area contributed by atoms with Gasteiger partial charge >= 0.3 is 0 Å². The van der Waals surface area contributed by atoms with Crippen LogP contribution in [0.4, 0.5) is 4.39 Å². The highest BCUT2D eigenvalue weighted by molar-refractivity contribution is 7.98. The summed E-state index contributed by atoms with van der Waals surface area (Å²) in [5.41, 5.74) is 1.19. The van der Waals surface area contributed by atoms with Crippen LogP contribution in [0.25, 0.3) is 0 Å². The van der Waals surface area contributed by atoms with E-state index in [1.807, 2.05) is 23.9 Å². The molecule has 0 radical (unpaired) electrons. The molecule has 0 spiro atoms. The minimum Gasteiger partial charge on any atom is -0.310 e. The smallest absolute Gasteiger partial charge is 0.123 e. The highest BCUT2D eigenvalue weighted by Crippen LogP contribution is 2.17. The van der Waals surface area contributed by atoms with Gasteiger partial charge in [-0.05, 0) is 55.5 Å². The van der Waals surface area contributed by atoms with E-state index in [2.05, 4.69) is 18.5 Å². The van der Waals surface area contributed by atoms with E-state index >= 15 is 0 Å². The number of halogens is 1. The van der Waals surface area contributed by atoms with Crippen molar-refractivity contribution >= 4 is 11.8 Å². The molecular formula is C16H26FNS. The summed E-state index contributed by atoms with van der Waals surface area (Å²) in [6, 6.07) is 7.21. The van der Waals surface area contributed by atoms with Crippen molar-refractivity contribution in [2.45, 2.75) is 45.1 Å². The van der Waals surface area contributed by atoms with Gasteiger partial charge in [-0.3, -0.25) is 0 Å². The minimum absolute atomic E-state index is 0.160. The summed E-state index contributed by atoms with van der Waals surface area (Å²) < 4.78 is 12.9. The van der Waals surface area contributed by atoms with Gasteiger partial charge in [0.1, 0.15) is 5.82 Å². The quantitative estimate of drug-likeness (QED) is 0.620. The molecule has 0 bridgehead atoms. The molecule has 1 aromatic carbocycles. The van der Waals surface area contributed by atoms with Crippen molar-refractivity contribution < 1.29 is 4.39 Å². The molecule has 0 aliphatic carbocycles. The third-order valence-electron chi connectivity index (χ3n) is 3.35. The second-order valence-corrected chi connectivity index (χ2v) is 5.86. The van der Waals surface area contributed by atoms with Gasteiger partial charge < -0.3 is 5.32 Å². The first-order valence-electron chi connectivity index (χ1n) is 7.25. The van der Waals surface area contributed by atoms with Gasteiger partial charge in [0.25, 0.3) is 0 Å². The molecule has 1 unspecified atom stereocenters. The second-order valence-electron chi connectivity index (χ2n) is 4.87. The van der Waals surface area contributed by atoms with E-state index in [0.717, 1.165) is 13.0 Å². The lowest BCUT2D eigenvalue weighted by molar-refractivity contribution is 0.497. The van der Waals surface area contributed by atoms with Crippen LogP contribution >= 0.6 is 11.8 Å². The maximum Gasteiger partial charge on any atom is 0.123 e. The van der Waals surface area contributed by atoms with Crippen molar-refractivity contribution in [3.05, 3.63) is 35.6 Å². The zero-order chi connectivity index (χ0) is 13.9. The van der Waals surface area contributed by atoms with Gasteiger partial charge in [0.15, 0.2) is 0 Å². The molecule has 1 nitrogen and oxygen atoms in total. The average molecular weight is 283 g/mol. The monoisotopic (exact) mass is 283 g/mol. The van der Waals surface area contributed by atoms with Crippen LogP contribution in [0.15, 0.2) is 24.3 Å². The summed E-state index contributed by atoms with van der Waals surface area (Å²) in [6.45, 7) is 3.22. The summed E-state index contributed by atoms with van der Waals surface area (Å²) in [6.07, 6.45) is 8.39. The fourth-order valence-corrected chi connectivity index (χ4v) is 2.69. The summed E-state index contributed by atoms with van der Waals surface area (Å²) in [5, 5.41) is 3.57. The Morgan fingerprint density at radius 3 is 2.42 bits per heavy atom. The number of benzene rings is 1. The highest BCUT2D eigenvalue weighted by Gasteiger charge is 2.07. The molecule has 0 aliphatic heterocycles. The first-order chi connectivity index (χ1) is 9.27. The summed E-state index contributed by atoms with van der Waals surface area (Å²) in [7, 11) is 0. The molecule has 0 heterocycles. The Morgan fingerprint density at radius 1 is 1.11 bits per heavy atom. The van der Waals surface area contributed by atoms with Crippen molar-refractivity contribution in [3.8, 4) is 0 Å². The molecule has 3 heteroatoms. The van der Waals surface area contributed by atoms with Crippen LogP contribution in [-0.4, -0.2) is 18.6 Å². The number of rotatable bonds is 10. The number of nitrogens with one attached hydrogen (secondary N) is 1. The molecule has 1 atom stereocenters. The maximum atomic E-state index is 12.9. The summed E-state index contributed by atoms with van der Waals surface area (Å²) in [5.74, 6) is 1.12. The standard InChI is InChI=1S/C16H26FNS/c1-3-16(14-8-10-15(17)11-9-14)18-12-6-4-5-7-13-19-2/h8-11,16,18H,3-7,12-13H2,1-2H3. The van der Waals surface area contributed by atoms with E-state index in [1.54, 1.807) is 12.1 Å². The molecule has 1 aromatic rings. The lowest BCUT2D eigenvalue weighted by Gasteiger charge is -2.17. The summed E-state index contributed by atoms with van der Waals surface area (Å²) in [4.78, 5) is 0. The average Bonchev–Trinajstić information content (AvgIpc) is 2.43. The fraction of sp³-hybridized carbons (Fsp3) is 0.625. The fourth-order valence-electron chi connectivity index (χ4n) is 2.19. The van der Waals surface area contributed by atoms with Gasteiger partial charge in [0.05, 0.1) is 0 Å². The maximum absolute atomic E-state index is 12.9. The predicted octanol–water partition coefficient (Wildman–Crippen LogP) is 4.79. The Labute approximate surface area is 121 Å². The van der Waals surface area contributed by atoms with Crippen molar-refractivity contribution in [3.63, 3.8) is 0 Å². The van der Waals surface area contributed by atoms with Crippen LogP contribution in [-0.2, 0) is 0 Å². The van der Waals surface area contributed by atoms with Gasteiger partial charge in [-0.25, -0.2) is 4.39 Å². The third kappa shape index (κ3) is 6.98. The number of hydrogen-bond donors (Lipinski definition) is 1. The van der Waals surface area contributed by atoms with Crippen molar-refractivity contribution in [2.24, 2.45) is 0 Å². The molecule has 0 saturated heterocycles. The Morgan fingerprint density at radius 2 is 1.79 bits per heavy atom. The Balaban J connectivity index is 2.20. The number of thioether (sulfide) groups is 1. The topological polar surface area (TPSA) is 12.0 Å². The molecule has 108 valence electrons. The van der Waals surface area contributed by atoms with Crippen LogP contribution in [0.2, 0.25) is 0 Å². The Bertz CT molecular complexity index is 326. The van der Waals surface area contributed by atoms with Gasteiger partial charge in [-0.15, -0.1) is 0 Å². The predicted molar refractivity (Wildman–Crippen MR) is 84.3 cm³/mol. The zero-order valence-electron chi connectivity index (χ0n) is 12.1. The van der Waals surface area contributed by atoms with E-state index in [9.17, 15) is 4.39 Å². The number of unbranched alkanes of at least 4 members (excludes halogenated alkanes) is 3. The van der Waals surface area contributed by atoms with Crippen LogP contribution in [0.5, 0.6) is 0 Å². The van der Waals surface area contributed by atoms with Gasteiger partial charge in [0, 0.05) is 6.04 Å². The largest absolute Gasteiger partial charge is 0.310 e. The molecule has 0 amide bonds. The van der Waals surface area contributed by atoms with Gasteiger partial charge in [-0.1, -0.05) is 31.9 Å². The molecule has 19 heavy (non-hydrogen) atoms. The van der Waals surface area contributed by atoms with E-state index < -0.39 is 0 Å². The normalized spacial score (nSPS) is 12.6. The lowest BCUT2D eigenvalue weighted by Crippen LogP contribution is -2.21. The third-order valence-corrected chi connectivity index (χ3v) is 4.04. The molecule has 0 fully saturated rings.